The molecule has 3 nitrogen and oxygen atoms in total. The highest BCUT2D eigenvalue weighted by atomic mass is 16.5. The molecule has 0 aliphatic heterocycles. The fourth-order valence-electron chi connectivity index (χ4n) is 1.16. The molecule has 3 heteroatoms. The minimum absolute atomic E-state index is 0.284. The van der Waals surface area contributed by atoms with Crippen LogP contribution in [0, 0.1) is 0 Å². The van der Waals surface area contributed by atoms with Gasteiger partial charge in [0.2, 0.25) is 0 Å². The summed E-state index contributed by atoms with van der Waals surface area (Å²) in [4.78, 5) is 10.6. The Morgan fingerprint density at radius 2 is 2.00 bits per heavy atom. The zero-order chi connectivity index (χ0) is 10.4. The summed E-state index contributed by atoms with van der Waals surface area (Å²) < 4.78 is 4.92. The minimum atomic E-state index is -0.284. The van der Waals surface area contributed by atoms with Gasteiger partial charge < -0.3 is 10.1 Å². The molecule has 0 aliphatic carbocycles. The summed E-state index contributed by atoms with van der Waals surface area (Å²) in [5, 5.41) is 3.08. The number of nitrogens with one attached hydrogen (secondary N) is 1. The van der Waals surface area contributed by atoms with E-state index in [4.69, 9.17) is 4.74 Å². The first-order valence-electron chi connectivity index (χ1n) is 4.64. The lowest BCUT2D eigenvalue weighted by atomic mass is 10.1. The average molecular weight is 193 g/mol. The standard InChI is InChI=1S/C11H15NO2/c1-9(13)14-11-5-3-10(4-6-11)7-8-12-2/h3-6,12H,7-8H2,1-2H3. The van der Waals surface area contributed by atoms with Gasteiger partial charge in [-0.15, -0.1) is 0 Å². The molecule has 0 spiro atoms. The number of esters is 1. The van der Waals surface area contributed by atoms with Crippen molar-refractivity contribution in [2.45, 2.75) is 13.3 Å². The van der Waals surface area contributed by atoms with Crippen LogP contribution in [-0.2, 0) is 11.2 Å². The largest absolute Gasteiger partial charge is 0.427 e. The first-order chi connectivity index (χ1) is 6.72. The fourth-order valence-corrected chi connectivity index (χ4v) is 1.16. The molecule has 0 amide bonds. The maximum absolute atomic E-state index is 10.6. The SMILES string of the molecule is CNCCc1ccc(OC(C)=O)cc1. The summed E-state index contributed by atoms with van der Waals surface area (Å²) in [6.45, 7) is 2.35. The summed E-state index contributed by atoms with van der Waals surface area (Å²) in [6, 6.07) is 7.56. The highest BCUT2D eigenvalue weighted by Crippen LogP contribution is 2.12. The Bertz CT molecular complexity index is 293. The van der Waals surface area contributed by atoms with Gasteiger partial charge in [-0.25, -0.2) is 0 Å². The lowest BCUT2D eigenvalue weighted by Gasteiger charge is -2.03. The van der Waals surface area contributed by atoms with Crippen molar-refractivity contribution in [3.8, 4) is 5.75 Å². The fraction of sp³-hybridized carbons (Fsp3) is 0.364. The van der Waals surface area contributed by atoms with Crippen LogP contribution in [0.3, 0.4) is 0 Å². The van der Waals surface area contributed by atoms with E-state index in [2.05, 4.69) is 5.32 Å². The van der Waals surface area contributed by atoms with Crippen molar-refractivity contribution in [1.82, 2.24) is 5.32 Å². The van der Waals surface area contributed by atoms with Gasteiger partial charge in [0, 0.05) is 6.92 Å². The number of rotatable bonds is 4. The number of carbonyl (C=O) groups is 1. The number of ether oxygens (including phenoxy) is 1. The van der Waals surface area contributed by atoms with Gasteiger partial charge in [-0.2, -0.15) is 0 Å². The van der Waals surface area contributed by atoms with Crippen molar-refractivity contribution in [2.75, 3.05) is 13.6 Å². The topological polar surface area (TPSA) is 38.3 Å². The number of likely N-dealkylation sites (N-methyl/N-ethyl adjacent to an activating group) is 1. The minimum Gasteiger partial charge on any atom is -0.427 e. The third-order valence-corrected chi connectivity index (χ3v) is 1.85. The highest BCUT2D eigenvalue weighted by Gasteiger charge is 1.97. The van der Waals surface area contributed by atoms with Crippen LogP contribution in [0.4, 0.5) is 0 Å². The first kappa shape index (κ1) is 10.7. The number of hydrogen-bond donors (Lipinski definition) is 1. The van der Waals surface area contributed by atoms with E-state index in [1.807, 2.05) is 31.3 Å². The van der Waals surface area contributed by atoms with Gasteiger partial charge >= 0.3 is 5.97 Å². The lowest BCUT2D eigenvalue weighted by Crippen LogP contribution is -2.10. The molecule has 1 N–H and O–H groups in total. The molecule has 0 aliphatic rings. The van der Waals surface area contributed by atoms with Crippen molar-refractivity contribution >= 4 is 5.97 Å². The van der Waals surface area contributed by atoms with Crippen molar-refractivity contribution in [2.24, 2.45) is 0 Å². The van der Waals surface area contributed by atoms with Gasteiger partial charge in [0.05, 0.1) is 0 Å². The van der Waals surface area contributed by atoms with E-state index < -0.39 is 0 Å². The van der Waals surface area contributed by atoms with Crippen LogP contribution < -0.4 is 10.1 Å². The van der Waals surface area contributed by atoms with E-state index in [0.717, 1.165) is 13.0 Å². The Hall–Kier alpha value is -1.35. The normalized spacial score (nSPS) is 9.86. The Labute approximate surface area is 84.1 Å². The third-order valence-electron chi connectivity index (χ3n) is 1.85. The van der Waals surface area contributed by atoms with E-state index in [-0.39, 0.29) is 5.97 Å². The summed E-state index contributed by atoms with van der Waals surface area (Å²) in [7, 11) is 1.92. The van der Waals surface area contributed by atoms with Crippen LogP contribution in [0.2, 0.25) is 0 Å². The van der Waals surface area contributed by atoms with Gasteiger partial charge in [-0.1, -0.05) is 12.1 Å². The molecule has 0 heterocycles. The quantitative estimate of drug-likeness (QED) is 0.580. The Kier molecular flexibility index (Phi) is 4.13. The van der Waals surface area contributed by atoms with Crippen LogP contribution >= 0.6 is 0 Å². The number of benzene rings is 1. The van der Waals surface area contributed by atoms with E-state index >= 15 is 0 Å². The Morgan fingerprint density at radius 3 is 2.50 bits per heavy atom. The van der Waals surface area contributed by atoms with E-state index in [1.54, 1.807) is 0 Å². The van der Waals surface area contributed by atoms with Gasteiger partial charge in [0.25, 0.3) is 0 Å². The maximum atomic E-state index is 10.6. The summed E-state index contributed by atoms with van der Waals surface area (Å²) in [5.74, 6) is 0.318. The predicted molar refractivity (Wildman–Crippen MR) is 55.4 cm³/mol. The smallest absolute Gasteiger partial charge is 0.308 e. The Morgan fingerprint density at radius 1 is 1.36 bits per heavy atom. The number of carbonyl (C=O) groups excluding carboxylic acids is 1. The van der Waals surface area contributed by atoms with Crippen molar-refractivity contribution in [3.05, 3.63) is 29.8 Å². The van der Waals surface area contributed by atoms with Crippen LogP contribution in [0.25, 0.3) is 0 Å². The molecule has 14 heavy (non-hydrogen) atoms. The van der Waals surface area contributed by atoms with E-state index in [1.165, 1.54) is 12.5 Å². The zero-order valence-electron chi connectivity index (χ0n) is 8.54. The summed E-state index contributed by atoms with van der Waals surface area (Å²) in [5.41, 5.74) is 1.23. The van der Waals surface area contributed by atoms with Gasteiger partial charge in [-0.05, 0) is 37.7 Å². The van der Waals surface area contributed by atoms with E-state index in [9.17, 15) is 4.79 Å². The molecule has 0 saturated carbocycles. The Balaban J connectivity index is 2.54. The molecule has 0 radical (unpaired) electrons. The predicted octanol–water partition coefficient (Wildman–Crippen LogP) is 1.37. The molecule has 1 aromatic rings. The van der Waals surface area contributed by atoms with Crippen molar-refractivity contribution in [3.63, 3.8) is 0 Å². The van der Waals surface area contributed by atoms with E-state index in [0.29, 0.717) is 5.75 Å². The van der Waals surface area contributed by atoms with Crippen molar-refractivity contribution in [1.29, 1.82) is 0 Å². The molecule has 76 valence electrons. The average Bonchev–Trinajstić information content (AvgIpc) is 2.16. The molecule has 0 aromatic heterocycles. The second kappa shape index (κ2) is 5.40. The molecule has 0 fully saturated rings. The van der Waals surface area contributed by atoms with Gasteiger partial charge in [0.1, 0.15) is 5.75 Å². The second-order valence-electron chi connectivity index (χ2n) is 3.09. The number of hydrogen-bond acceptors (Lipinski definition) is 3. The van der Waals surface area contributed by atoms with Crippen LogP contribution in [0.1, 0.15) is 12.5 Å². The third kappa shape index (κ3) is 3.58. The molecule has 0 saturated heterocycles. The summed E-state index contributed by atoms with van der Waals surface area (Å²) in [6.07, 6.45) is 0.983. The van der Waals surface area contributed by atoms with Crippen LogP contribution in [0.5, 0.6) is 5.75 Å². The molecule has 0 bridgehead atoms. The molecule has 0 unspecified atom stereocenters. The molecular formula is C11H15NO2. The summed E-state index contributed by atoms with van der Waals surface area (Å²) >= 11 is 0. The van der Waals surface area contributed by atoms with Crippen molar-refractivity contribution < 1.29 is 9.53 Å². The molecular weight excluding hydrogens is 178 g/mol. The monoisotopic (exact) mass is 193 g/mol. The molecule has 1 rings (SSSR count). The molecule has 1 aromatic carbocycles. The zero-order valence-corrected chi connectivity index (χ0v) is 8.54. The second-order valence-corrected chi connectivity index (χ2v) is 3.09. The highest BCUT2D eigenvalue weighted by molar-refractivity contribution is 5.69. The first-order valence-corrected chi connectivity index (χ1v) is 4.64. The maximum Gasteiger partial charge on any atom is 0.308 e. The lowest BCUT2D eigenvalue weighted by molar-refractivity contribution is -0.131. The van der Waals surface area contributed by atoms with Gasteiger partial charge in [0.15, 0.2) is 0 Å². The van der Waals surface area contributed by atoms with Gasteiger partial charge in [-0.3, -0.25) is 4.79 Å². The van der Waals surface area contributed by atoms with Crippen LogP contribution in [0.15, 0.2) is 24.3 Å². The van der Waals surface area contributed by atoms with Crippen LogP contribution in [-0.4, -0.2) is 19.6 Å². The molecule has 0 atom stereocenters.